The zero-order valence-corrected chi connectivity index (χ0v) is 10.5. The highest BCUT2D eigenvalue weighted by atomic mass is 35.5. The summed E-state index contributed by atoms with van der Waals surface area (Å²) in [5.74, 6) is 0. The topological polar surface area (TPSA) is 29.3 Å². The van der Waals surface area contributed by atoms with E-state index >= 15 is 0 Å². The Morgan fingerprint density at radius 3 is 2.94 bits per heavy atom. The standard InChI is InChI=1S/C13H19ClN2/c1-10-4-2-3-7-16(10)13-8-12(14)6-5-11(13)9-15/h5-6,8,10H,2-4,7,9,15H2,1H3. The molecule has 1 unspecified atom stereocenters. The van der Waals surface area contributed by atoms with Crippen molar-refractivity contribution in [1.29, 1.82) is 0 Å². The van der Waals surface area contributed by atoms with Gasteiger partial charge in [-0.3, -0.25) is 0 Å². The molecule has 2 rings (SSSR count). The Labute approximate surface area is 102 Å². The minimum absolute atomic E-state index is 0.579. The maximum atomic E-state index is 6.07. The number of anilines is 1. The molecule has 1 heterocycles. The number of nitrogens with zero attached hydrogens (tertiary/aromatic N) is 1. The maximum absolute atomic E-state index is 6.07. The average molecular weight is 239 g/mol. The first-order valence-corrected chi connectivity index (χ1v) is 6.35. The molecule has 0 bridgehead atoms. The van der Waals surface area contributed by atoms with Gasteiger partial charge in [-0.25, -0.2) is 0 Å². The van der Waals surface area contributed by atoms with Crippen LogP contribution in [0, 0.1) is 0 Å². The first kappa shape index (κ1) is 11.7. The molecule has 88 valence electrons. The molecule has 1 atom stereocenters. The van der Waals surface area contributed by atoms with Gasteiger partial charge in [0.15, 0.2) is 0 Å². The molecule has 2 nitrogen and oxygen atoms in total. The number of piperidine rings is 1. The van der Waals surface area contributed by atoms with Crippen LogP contribution in [0.2, 0.25) is 5.02 Å². The number of hydrogen-bond donors (Lipinski definition) is 1. The summed E-state index contributed by atoms with van der Waals surface area (Å²) in [4.78, 5) is 2.44. The van der Waals surface area contributed by atoms with Crippen molar-refractivity contribution in [3.63, 3.8) is 0 Å². The van der Waals surface area contributed by atoms with Crippen molar-refractivity contribution >= 4 is 17.3 Å². The number of halogens is 1. The van der Waals surface area contributed by atoms with Crippen LogP contribution in [0.5, 0.6) is 0 Å². The molecule has 2 N–H and O–H groups in total. The van der Waals surface area contributed by atoms with Crippen LogP contribution >= 0.6 is 11.6 Å². The van der Waals surface area contributed by atoms with Crippen molar-refractivity contribution in [2.45, 2.75) is 38.8 Å². The van der Waals surface area contributed by atoms with E-state index in [2.05, 4.69) is 11.8 Å². The van der Waals surface area contributed by atoms with Gasteiger partial charge in [0.25, 0.3) is 0 Å². The van der Waals surface area contributed by atoms with Gasteiger partial charge in [0.1, 0.15) is 0 Å². The lowest BCUT2D eigenvalue weighted by atomic mass is 10.0. The molecule has 1 aromatic rings. The van der Waals surface area contributed by atoms with E-state index in [9.17, 15) is 0 Å². The predicted molar refractivity (Wildman–Crippen MR) is 70.0 cm³/mol. The lowest BCUT2D eigenvalue weighted by Crippen LogP contribution is -2.38. The molecular formula is C13H19ClN2. The van der Waals surface area contributed by atoms with Crippen LogP contribution in [-0.2, 0) is 6.54 Å². The number of rotatable bonds is 2. The number of nitrogens with two attached hydrogens (primary N) is 1. The highest BCUT2D eigenvalue weighted by Crippen LogP contribution is 2.30. The zero-order chi connectivity index (χ0) is 11.5. The zero-order valence-electron chi connectivity index (χ0n) is 9.75. The van der Waals surface area contributed by atoms with Gasteiger partial charge in [-0.1, -0.05) is 17.7 Å². The Balaban J connectivity index is 2.33. The molecule has 1 fully saturated rings. The van der Waals surface area contributed by atoms with Gasteiger partial charge in [-0.2, -0.15) is 0 Å². The molecule has 1 saturated heterocycles. The highest BCUT2D eigenvalue weighted by Gasteiger charge is 2.20. The second-order valence-corrected chi connectivity index (χ2v) is 4.95. The Morgan fingerprint density at radius 1 is 1.44 bits per heavy atom. The van der Waals surface area contributed by atoms with Gasteiger partial charge < -0.3 is 10.6 Å². The van der Waals surface area contributed by atoms with Crippen LogP contribution in [-0.4, -0.2) is 12.6 Å². The fourth-order valence-corrected chi connectivity index (χ4v) is 2.60. The van der Waals surface area contributed by atoms with Crippen molar-refractivity contribution in [3.8, 4) is 0 Å². The van der Waals surface area contributed by atoms with Crippen LogP contribution in [0.15, 0.2) is 18.2 Å². The molecule has 0 radical (unpaired) electrons. The summed E-state index contributed by atoms with van der Waals surface area (Å²) in [5, 5.41) is 0.796. The first-order chi connectivity index (χ1) is 7.72. The molecule has 3 heteroatoms. The smallest absolute Gasteiger partial charge is 0.0429 e. The summed E-state index contributed by atoms with van der Waals surface area (Å²) < 4.78 is 0. The highest BCUT2D eigenvalue weighted by molar-refractivity contribution is 6.30. The van der Waals surface area contributed by atoms with Gasteiger partial charge in [0.2, 0.25) is 0 Å². The second kappa shape index (κ2) is 5.07. The fourth-order valence-electron chi connectivity index (χ4n) is 2.43. The fraction of sp³-hybridized carbons (Fsp3) is 0.538. The van der Waals surface area contributed by atoms with E-state index < -0.39 is 0 Å². The summed E-state index contributed by atoms with van der Waals surface area (Å²) in [6, 6.07) is 6.60. The van der Waals surface area contributed by atoms with E-state index in [4.69, 9.17) is 17.3 Å². The molecule has 0 amide bonds. The third-order valence-corrected chi connectivity index (χ3v) is 3.61. The van der Waals surface area contributed by atoms with Crippen molar-refractivity contribution in [2.75, 3.05) is 11.4 Å². The lowest BCUT2D eigenvalue weighted by molar-refractivity contribution is 0.484. The summed E-state index contributed by atoms with van der Waals surface area (Å²) in [5.41, 5.74) is 8.20. The van der Waals surface area contributed by atoms with Crippen molar-refractivity contribution in [1.82, 2.24) is 0 Å². The Hall–Kier alpha value is -0.730. The molecule has 1 aliphatic heterocycles. The van der Waals surface area contributed by atoms with Crippen LogP contribution in [0.25, 0.3) is 0 Å². The van der Waals surface area contributed by atoms with Gasteiger partial charge in [-0.05, 0) is 43.9 Å². The summed E-state index contributed by atoms with van der Waals surface area (Å²) in [6.07, 6.45) is 3.85. The molecule has 1 aliphatic rings. The van der Waals surface area contributed by atoms with Crippen LogP contribution in [0.1, 0.15) is 31.7 Å². The number of hydrogen-bond acceptors (Lipinski definition) is 2. The minimum Gasteiger partial charge on any atom is -0.369 e. The number of benzene rings is 1. The molecule has 16 heavy (non-hydrogen) atoms. The third-order valence-electron chi connectivity index (χ3n) is 3.38. The molecular weight excluding hydrogens is 220 g/mol. The monoisotopic (exact) mass is 238 g/mol. The SMILES string of the molecule is CC1CCCCN1c1cc(Cl)ccc1CN. The van der Waals surface area contributed by atoms with E-state index in [1.807, 2.05) is 18.2 Å². The summed E-state index contributed by atoms with van der Waals surface area (Å²) >= 11 is 6.07. The molecule has 0 aliphatic carbocycles. The molecule has 0 saturated carbocycles. The lowest BCUT2D eigenvalue weighted by Gasteiger charge is -2.36. The maximum Gasteiger partial charge on any atom is 0.0429 e. The Kier molecular flexibility index (Phi) is 3.72. The largest absolute Gasteiger partial charge is 0.369 e. The van der Waals surface area contributed by atoms with Crippen molar-refractivity contribution < 1.29 is 0 Å². The van der Waals surface area contributed by atoms with Crippen LogP contribution in [0.3, 0.4) is 0 Å². The Morgan fingerprint density at radius 2 is 2.25 bits per heavy atom. The van der Waals surface area contributed by atoms with Crippen LogP contribution in [0.4, 0.5) is 5.69 Å². The van der Waals surface area contributed by atoms with Gasteiger partial charge >= 0.3 is 0 Å². The van der Waals surface area contributed by atoms with E-state index in [0.29, 0.717) is 12.6 Å². The summed E-state index contributed by atoms with van der Waals surface area (Å²) in [6.45, 7) is 3.98. The van der Waals surface area contributed by atoms with E-state index in [-0.39, 0.29) is 0 Å². The van der Waals surface area contributed by atoms with Gasteiger partial charge in [0, 0.05) is 29.8 Å². The molecule has 1 aromatic carbocycles. The van der Waals surface area contributed by atoms with E-state index in [0.717, 1.165) is 11.6 Å². The van der Waals surface area contributed by atoms with E-state index in [1.54, 1.807) is 0 Å². The molecule has 0 aromatic heterocycles. The normalized spacial score (nSPS) is 21.2. The van der Waals surface area contributed by atoms with E-state index in [1.165, 1.54) is 30.5 Å². The average Bonchev–Trinajstić information content (AvgIpc) is 2.29. The minimum atomic E-state index is 0.579. The van der Waals surface area contributed by atoms with Crippen LogP contribution < -0.4 is 10.6 Å². The van der Waals surface area contributed by atoms with Gasteiger partial charge in [0.05, 0.1) is 0 Å². The predicted octanol–water partition coefficient (Wildman–Crippen LogP) is 3.18. The van der Waals surface area contributed by atoms with Crippen molar-refractivity contribution in [2.24, 2.45) is 5.73 Å². The quantitative estimate of drug-likeness (QED) is 0.858. The van der Waals surface area contributed by atoms with Crippen molar-refractivity contribution in [3.05, 3.63) is 28.8 Å². The Bertz CT molecular complexity index is 365. The van der Waals surface area contributed by atoms with Gasteiger partial charge in [-0.15, -0.1) is 0 Å². The first-order valence-electron chi connectivity index (χ1n) is 5.97. The third kappa shape index (κ3) is 2.33. The second-order valence-electron chi connectivity index (χ2n) is 4.52. The molecule has 0 spiro atoms. The summed E-state index contributed by atoms with van der Waals surface area (Å²) in [7, 11) is 0.